The van der Waals surface area contributed by atoms with Crippen LogP contribution in [0.3, 0.4) is 0 Å². The third kappa shape index (κ3) is 2.56. The number of ether oxygens (including phenoxy) is 1. The molecule has 1 aromatic heterocycles. The van der Waals surface area contributed by atoms with Crippen molar-refractivity contribution in [2.45, 2.75) is 0 Å². The predicted molar refractivity (Wildman–Crippen MR) is 70.1 cm³/mol. The Kier molecular flexibility index (Phi) is 3.50. The molecular formula is C11H7ClINO2. The van der Waals surface area contributed by atoms with Crippen molar-refractivity contribution in [1.29, 1.82) is 0 Å². The Bertz CT molecular complexity index is 519. The second-order valence-corrected chi connectivity index (χ2v) is 4.66. The smallest absolute Gasteiger partial charge is 0.238 e. The first kappa shape index (κ1) is 11.5. The van der Waals surface area contributed by atoms with E-state index in [2.05, 4.69) is 27.6 Å². The number of aromatic hydroxyl groups is 1. The summed E-state index contributed by atoms with van der Waals surface area (Å²) < 4.78 is 6.32. The van der Waals surface area contributed by atoms with E-state index in [9.17, 15) is 5.11 Å². The van der Waals surface area contributed by atoms with Crippen molar-refractivity contribution < 1.29 is 9.84 Å². The molecule has 3 nitrogen and oxygen atoms in total. The number of hydrogen-bond acceptors (Lipinski definition) is 3. The second-order valence-electron chi connectivity index (χ2n) is 3.01. The van der Waals surface area contributed by atoms with Gasteiger partial charge in [0.25, 0.3) is 0 Å². The van der Waals surface area contributed by atoms with Crippen molar-refractivity contribution in [3.05, 3.63) is 45.1 Å². The molecule has 0 unspecified atom stereocenters. The molecule has 1 N–H and O–H groups in total. The van der Waals surface area contributed by atoms with Crippen molar-refractivity contribution in [2.75, 3.05) is 0 Å². The molecule has 0 fully saturated rings. The van der Waals surface area contributed by atoms with Gasteiger partial charge in [0.05, 0.1) is 0 Å². The maximum atomic E-state index is 9.52. The Morgan fingerprint density at radius 1 is 1.31 bits per heavy atom. The average molecular weight is 348 g/mol. The Morgan fingerprint density at radius 2 is 2.06 bits per heavy atom. The van der Waals surface area contributed by atoms with Crippen LogP contribution < -0.4 is 4.74 Å². The average Bonchev–Trinajstić information content (AvgIpc) is 2.25. The van der Waals surface area contributed by atoms with E-state index in [0.29, 0.717) is 10.8 Å². The van der Waals surface area contributed by atoms with Gasteiger partial charge in [-0.15, -0.1) is 0 Å². The van der Waals surface area contributed by atoms with E-state index >= 15 is 0 Å². The van der Waals surface area contributed by atoms with E-state index in [0.717, 1.165) is 3.57 Å². The third-order valence-electron chi connectivity index (χ3n) is 1.85. The molecule has 0 radical (unpaired) electrons. The molecule has 2 rings (SSSR count). The van der Waals surface area contributed by atoms with Gasteiger partial charge in [-0.05, 0) is 40.8 Å². The minimum Gasteiger partial charge on any atom is -0.504 e. The highest BCUT2D eigenvalue weighted by atomic mass is 127. The molecule has 5 heteroatoms. The van der Waals surface area contributed by atoms with Gasteiger partial charge in [0, 0.05) is 9.77 Å². The second kappa shape index (κ2) is 4.88. The summed E-state index contributed by atoms with van der Waals surface area (Å²) in [4.78, 5) is 4.04. The Hall–Kier alpha value is -1.01. The van der Waals surface area contributed by atoms with Crippen LogP contribution in [0.4, 0.5) is 0 Å². The van der Waals surface area contributed by atoms with Crippen LogP contribution in [-0.2, 0) is 0 Å². The standard InChI is InChI=1S/C11H7ClINO2/c12-8-5-7(13)6-14-11(8)16-10-4-2-1-3-9(10)15/h1-6,15H. The maximum absolute atomic E-state index is 9.52. The molecule has 16 heavy (non-hydrogen) atoms. The molecule has 82 valence electrons. The molecule has 0 amide bonds. The number of pyridine rings is 1. The minimum atomic E-state index is 0.0546. The van der Waals surface area contributed by atoms with Crippen LogP contribution in [0.2, 0.25) is 5.02 Å². The monoisotopic (exact) mass is 347 g/mol. The number of benzene rings is 1. The summed E-state index contributed by atoms with van der Waals surface area (Å²) in [6.45, 7) is 0. The van der Waals surface area contributed by atoms with Crippen molar-refractivity contribution in [3.63, 3.8) is 0 Å². The number of aromatic nitrogens is 1. The zero-order valence-electron chi connectivity index (χ0n) is 8.02. The lowest BCUT2D eigenvalue weighted by molar-refractivity contribution is 0.403. The first-order valence-corrected chi connectivity index (χ1v) is 5.89. The highest BCUT2D eigenvalue weighted by Gasteiger charge is 2.07. The van der Waals surface area contributed by atoms with Crippen LogP contribution in [0.25, 0.3) is 0 Å². The van der Waals surface area contributed by atoms with Gasteiger partial charge in [-0.3, -0.25) is 0 Å². The molecule has 0 bridgehead atoms. The number of phenols is 1. The molecule has 2 aromatic rings. The summed E-state index contributed by atoms with van der Waals surface area (Å²) in [5, 5.41) is 9.93. The van der Waals surface area contributed by atoms with E-state index in [-0.39, 0.29) is 11.6 Å². The number of halogens is 2. The van der Waals surface area contributed by atoms with Crippen LogP contribution in [0.5, 0.6) is 17.4 Å². The molecule has 0 aliphatic carbocycles. The molecular weight excluding hydrogens is 340 g/mol. The lowest BCUT2D eigenvalue weighted by atomic mass is 10.3. The fourth-order valence-corrected chi connectivity index (χ4v) is 1.96. The zero-order chi connectivity index (χ0) is 11.5. The largest absolute Gasteiger partial charge is 0.504 e. The van der Waals surface area contributed by atoms with Crippen molar-refractivity contribution in [3.8, 4) is 17.4 Å². The molecule has 0 atom stereocenters. The van der Waals surface area contributed by atoms with E-state index in [1.165, 1.54) is 6.07 Å². The highest BCUT2D eigenvalue weighted by molar-refractivity contribution is 14.1. The van der Waals surface area contributed by atoms with Gasteiger partial charge >= 0.3 is 0 Å². The van der Waals surface area contributed by atoms with Crippen molar-refractivity contribution >= 4 is 34.2 Å². The van der Waals surface area contributed by atoms with Gasteiger partial charge in [-0.2, -0.15) is 0 Å². The normalized spacial score (nSPS) is 10.1. The van der Waals surface area contributed by atoms with Crippen molar-refractivity contribution in [2.24, 2.45) is 0 Å². The number of hydrogen-bond donors (Lipinski definition) is 1. The highest BCUT2D eigenvalue weighted by Crippen LogP contribution is 2.32. The van der Waals surface area contributed by atoms with Crippen LogP contribution in [-0.4, -0.2) is 10.1 Å². The topological polar surface area (TPSA) is 42.4 Å². The van der Waals surface area contributed by atoms with Gasteiger partial charge in [0.1, 0.15) is 5.02 Å². The first-order valence-electron chi connectivity index (χ1n) is 4.44. The van der Waals surface area contributed by atoms with E-state index in [1.54, 1.807) is 30.5 Å². The molecule has 1 aromatic carbocycles. The number of phenolic OH excluding ortho intramolecular Hbond substituents is 1. The summed E-state index contributed by atoms with van der Waals surface area (Å²) in [7, 11) is 0. The van der Waals surface area contributed by atoms with Crippen molar-refractivity contribution in [1.82, 2.24) is 4.98 Å². The fourth-order valence-electron chi connectivity index (χ4n) is 1.12. The predicted octanol–water partition coefficient (Wildman–Crippen LogP) is 3.84. The summed E-state index contributed by atoms with van der Waals surface area (Å²) in [6.07, 6.45) is 1.64. The molecule has 0 spiro atoms. The Balaban J connectivity index is 2.31. The van der Waals surface area contributed by atoms with Gasteiger partial charge in [-0.25, -0.2) is 4.98 Å². The zero-order valence-corrected chi connectivity index (χ0v) is 10.9. The third-order valence-corrected chi connectivity index (χ3v) is 2.71. The number of para-hydroxylation sites is 2. The van der Waals surface area contributed by atoms with E-state index < -0.39 is 0 Å². The summed E-state index contributed by atoms with van der Waals surface area (Å²) >= 11 is 8.07. The molecule has 0 saturated carbocycles. The van der Waals surface area contributed by atoms with Crippen LogP contribution in [0.15, 0.2) is 36.5 Å². The van der Waals surface area contributed by atoms with Crippen LogP contribution >= 0.6 is 34.2 Å². The quantitative estimate of drug-likeness (QED) is 0.839. The summed E-state index contributed by atoms with van der Waals surface area (Å²) in [5.41, 5.74) is 0. The molecule has 1 heterocycles. The molecule has 0 aliphatic rings. The number of rotatable bonds is 2. The van der Waals surface area contributed by atoms with Gasteiger partial charge < -0.3 is 9.84 Å². The van der Waals surface area contributed by atoms with E-state index in [1.807, 2.05) is 0 Å². The lowest BCUT2D eigenvalue weighted by Gasteiger charge is -2.07. The molecule has 0 aliphatic heterocycles. The van der Waals surface area contributed by atoms with Gasteiger partial charge in [0.2, 0.25) is 5.88 Å². The Labute approximate surface area is 111 Å². The van der Waals surface area contributed by atoms with Gasteiger partial charge in [-0.1, -0.05) is 23.7 Å². The van der Waals surface area contributed by atoms with E-state index in [4.69, 9.17) is 16.3 Å². The maximum Gasteiger partial charge on any atom is 0.238 e. The number of nitrogens with zero attached hydrogens (tertiary/aromatic N) is 1. The van der Waals surface area contributed by atoms with Crippen LogP contribution in [0, 0.1) is 3.57 Å². The minimum absolute atomic E-state index is 0.0546. The SMILES string of the molecule is Oc1ccccc1Oc1ncc(I)cc1Cl. The first-order chi connectivity index (χ1) is 7.66. The fraction of sp³-hybridized carbons (Fsp3) is 0. The lowest BCUT2D eigenvalue weighted by Crippen LogP contribution is -1.89. The summed E-state index contributed by atoms with van der Waals surface area (Å²) in [6, 6.07) is 8.40. The van der Waals surface area contributed by atoms with Crippen LogP contribution in [0.1, 0.15) is 0 Å². The molecule has 0 saturated heterocycles. The summed E-state index contributed by atoms with van der Waals surface area (Å²) in [5.74, 6) is 0.667. The van der Waals surface area contributed by atoms with Gasteiger partial charge in [0.15, 0.2) is 11.5 Å². The Morgan fingerprint density at radius 3 is 2.75 bits per heavy atom.